The Morgan fingerprint density at radius 1 is 1.67 bits per heavy atom. The van der Waals surface area contributed by atoms with Gasteiger partial charge in [-0.25, -0.2) is 4.98 Å². The molecule has 0 saturated heterocycles. The maximum Gasteiger partial charge on any atom is 0.105 e. The van der Waals surface area contributed by atoms with Gasteiger partial charge in [-0.05, 0) is 20.3 Å². The normalized spacial score (nSPS) is 13.3. The van der Waals surface area contributed by atoms with Gasteiger partial charge >= 0.3 is 0 Å². The van der Waals surface area contributed by atoms with Crippen LogP contribution in [0.2, 0.25) is 0 Å². The molecule has 1 atom stereocenters. The molecule has 3 heteroatoms. The van der Waals surface area contributed by atoms with Gasteiger partial charge in [-0.3, -0.25) is 0 Å². The summed E-state index contributed by atoms with van der Waals surface area (Å²) in [5, 5.41) is 0. The zero-order valence-electron chi connectivity index (χ0n) is 8.04. The van der Waals surface area contributed by atoms with Crippen molar-refractivity contribution in [3.63, 3.8) is 0 Å². The van der Waals surface area contributed by atoms with Crippen molar-refractivity contribution in [1.29, 1.82) is 0 Å². The SMILES string of the molecule is CCc1cn(CC(C)N)c(C)n1. The lowest BCUT2D eigenvalue weighted by atomic mass is 10.3. The number of rotatable bonds is 3. The number of imidazole rings is 1. The predicted octanol–water partition coefficient (Wildman–Crippen LogP) is 1.10. The zero-order valence-corrected chi connectivity index (χ0v) is 8.04. The molecule has 0 aliphatic rings. The van der Waals surface area contributed by atoms with E-state index in [4.69, 9.17) is 5.73 Å². The second kappa shape index (κ2) is 3.72. The van der Waals surface area contributed by atoms with E-state index in [2.05, 4.69) is 22.7 Å². The van der Waals surface area contributed by atoms with Gasteiger partial charge in [0.05, 0.1) is 5.69 Å². The Bertz CT molecular complexity index is 250. The Labute approximate surface area is 73.6 Å². The molecule has 1 unspecified atom stereocenters. The van der Waals surface area contributed by atoms with Gasteiger partial charge in [0.2, 0.25) is 0 Å². The van der Waals surface area contributed by atoms with Crippen molar-refractivity contribution >= 4 is 0 Å². The molecule has 1 aromatic heterocycles. The van der Waals surface area contributed by atoms with E-state index < -0.39 is 0 Å². The highest BCUT2D eigenvalue weighted by Gasteiger charge is 2.03. The predicted molar refractivity (Wildman–Crippen MR) is 50.0 cm³/mol. The van der Waals surface area contributed by atoms with Crippen molar-refractivity contribution in [2.24, 2.45) is 5.73 Å². The van der Waals surface area contributed by atoms with E-state index in [1.807, 2.05) is 13.8 Å². The summed E-state index contributed by atoms with van der Waals surface area (Å²) in [7, 11) is 0. The molecule has 12 heavy (non-hydrogen) atoms. The topological polar surface area (TPSA) is 43.8 Å². The van der Waals surface area contributed by atoms with Crippen LogP contribution in [0.4, 0.5) is 0 Å². The Hall–Kier alpha value is -0.830. The standard InChI is InChI=1S/C9H17N3/c1-4-9-6-12(5-7(2)10)8(3)11-9/h6-7H,4-5,10H2,1-3H3. The fourth-order valence-electron chi connectivity index (χ4n) is 1.24. The highest BCUT2D eigenvalue weighted by Crippen LogP contribution is 2.03. The van der Waals surface area contributed by atoms with Crippen LogP contribution in [-0.2, 0) is 13.0 Å². The number of hydrogen-bond acceptors (Lipinski definition) is 2. The van der Waals surface area contributed by atoms with Crippen LogP contribution in [0.3, 0.4) is 0 Å². The van der Waals surface area contributed by atoms with E-state index in [0.717, 1.165) is 24.5 Å². The first-order chi connectivity index (χ1) is 5.63. The van der Waals surface area contributed by atoms with Gasteiger partial charge in [-0.2, -0.15) is 0 Å². The average molecular weight is 167 g/mol. The van der Waals surface area contributed by atoms with Crippen LogP contribution in [0.1, 0.15) is 25.4 Å². The number of aryl methyl sites for hydroxylation is 2. The molecular weight excluding hydrogens is 150 g/mol. The molecule has 1 heterocycles. The van der Waals surface area contributed by atoms with Crippen molar-refractivity contribution < 1.29 is 0 Å². The molecule has 0 amide bonds. The smallest absolute Gasteiger partial charge is 0.105 e. The maximum absolute atomic E-state index is 5.70. The summed E-state index contributed by atoms with van der Waals surface area (Å²) >= 11 is 0. The molecule has 0 radical (unpaired) electrons. The summed E-state index contributed by atoms with van der Waals surface area (Å²) in [6.07, 6.45) is 3.07. The molecule has 68 valence electrons. The van der Waals surface area contributed by atoms with Crippen LogP contribution in [-0.4, -0.2) is 15.6 Å². The minimum atomic E-state index is 0.197. The molecule has 2 N–H and O–H groups in total. The fraction of sp³-hybridized carbons (Fsp3) is 0.667. The van der Waals surface area contributed by atoms with Crippen molar-refractivity contribution in [1.82, 2.24) is 9.55 Å². The molecular formula is C9H17N3. The molecule has 0 spiro atoms. The van der Waals surface area contributed by atoms with E-state index in [-0.39, 0.29) is 6.04 Å². The van der Waals surface area contributed by atoms with E-state index in [1.165, 1.54) is 0 Å². The Balaban J connectivity index is 2.77. The number of nitrogens with two attached hydrogens (primary N) is 1. The summed E-state index contributed by atoms with van der Waals surface area (Å²) in [6, 6.07) is 0.197. The first-order valence-electron chi connectivity index (χ1n) is 4.41. The Morgan fingerprint density at radius 2 is 2.33 bits per heavy atom. The average Bonchev–Trinajstić information content (AvgIpc) is 2.31. The molecule has 1 aromatic rings. The lowest BCUT2D eigenvalue weighted by Crippen LogP contribution is -2.22. The molecule has 0 saturated carbocycles. The highest BCUT2D eigenvalue weighted by atomic mass is 15.1. The summed E-state index contributed by atoms with van der Waals surface area (Å²) in [4.78, 5) is 4.39. The number of aromatic nitrogens is 2. The molecule has 0 fully saturated rings. The third-order valence-electron chi connectivity index (χ3n) is 1.87. The molecule has 0 aromatic carbocycles. The number of hydrogen-bond donors (Lipinski definition) is 1. The van der Waals surface area contributed by atoms with Crippen LogP contribution < -0.4 is 5.73 Å². The molecule has 0 bridgehead atoms. The van der Waals surface area contributed by atoms with Crippen molar-refractivity contribution in [2.75, 3.05) is 0 Å². The lowest BCUT2D eigenvalue weighted by Gasteiger charge is -2.06. The first kappa shape index (κ1) is 9.26. The van der Waals surface area contributed by atoms with Crippen molar-refractivity contribution in [2.45, 2.75) is 39.8 Å². The molecule has 0 aliphatic heterocycles. The lowest BCUT2D eigenvalue weighted by molar-refractivity contribution is 0.577. The third-order valence-corrected chi connectivity index (χ3v) is 1.87. The van der Waals surface area contributed by atoms with Gasteiger partial charge in [0, 0.05) is 18.8 Å². The fourth-order valence-corrected chi connectivity index (χ4v) is 1.24. The van der Waals surface area contributed by atoms with Gasteiger partial charge in [-0.15, -0.1) is 0 Å². The van der Waals surface area contributed by atoms with Crippen LogP contribution in [0.15, 0.2) is 6.20 Å². The summed E-state index contributed by atoms with van der Waals surface area (Å²) in [5.74, 6) is 1.06. The highest BCUT2D eigenvalue weighted by molar-refractivity contribution is 5.02. The van der Waals surface area contributed by atoms with Gasteiger partial charge < -0.3 is 10.3 Å². The van der Waals surface area contributed by atoms with Crippen LogP contribution in [0.5, 0.6) is 0 Å². The van der Waals surface area contributed by atoms with Gasteiger partial charge in [-0.1, -0.05) is 6.92 Å². The van der Waals surface area contributed by atoms with Crippen LogP contribution >= 0.6 is 0 Å². The quantitative estimate of drug-likeness (QED) is 0.732. The van der Waals surface area contributed by atoms with E-state index in [9.17, 15) is 0 Å². The molecule has 3 nitrogen and oxygen atoms in total. The third kappa shape index (κ3) is 2.08. The van der Waals surface area contributed by atoms with E-state index >= 15 is 0 Å². The Morgan fingerprint density at radius 3 is 2.75 bits per heavy atom. The number of nitrogens with zero attached hydrogens (tertiary/aromatic N) is 2. The minimum Gasteiger partial charge on any atom is -0.333 e. The summed E-state index contributed by atoms with van der Waals surface area (Å²) in [5.41, 5.74) is 6.84. The maximum atomic E-state index is 5.70. The second-order valence-electron chi connectivity index (χ2n) is 3.26. The van der Waals surface area contributed by atoms with E-state index in [1.54, 1.807) is 0 Å². The zero-order chi connectivity index (χ0) is 9.14. The van der Waals surface area contributed by atoms with Gasteiger partial charge in [0.25, 0.3) is 0 Å². The van der Waals surface area contributed by atoms with Crippen molar-refractivity contribution in [3.05, 3.63) is 17.7 Å². The summed E-state index contributed by atoms with van der Waals surface area (Å²) in [6.45, 7) is 6.99. The monoisotopic (exact) mass is 167 g/mol. The first-order valence-corrected chi connectivity index (χ1v) is 4.41. The van der Waals surface area contributed by atoms with E-state index in [0.29, 0.717) is 0 Å². The minimum absolute atomic E-state index is 0.197. The Kier molecular flexibility index (Phi) is 2.87. The second-order valence-corrected chi connectivity index (χ2v) is 3.26. The van der Waals surface area contributed by atoms with Crippen LogP contribution in [0, 0.1) is 6.92 Å². The molecule has 0 aliphatic carbocycles. The largest absolute Gasteiger partial charge is 0.333 e. The van der Waals surface area contributed by atoms with Gasteiger partial charge in [0.15, 0.2) is 0 Å². The van der Waals surface area contributed by atoms with Crippen molar-refractivity contribution in [3.8, 4) is 0 Å². The van der Waals surface area contributed by atoms with Gasteiger partial charge in [0.1, 0.15) is 5.82 Å². The summed E-state index contributed by atoms with van der Waals surface area (Å²) < 4.78 is 2.11. The van der Waals surface area contributed by atoms with Crippen LogP contribution in [0.25, 0.3) is 0 Å². The molecule has 1 rings (SSSR count).